The SMILES string of the molecule is CC/C=C\C/C=C\C/C=C\C/C=C\C/C=C\CC(=O)OCC(COC(=O)CCCCCCCCCCCCC/C=C\C/C=C\CCCCCCC)OC(=O)CCCCCCC/C=C\CCCCCCCCC. The zero-order valence-electron chi connectivity index (χ0n) is 47.2. The van der Waals surface area contributed by atoms with Gasteiger partial charge in [-0.3, -0.25) is 14.4 Å². The van der Waals surface area contributed by atoms with Crippen LogP contribution in [0.5, 0.6) is 0 Å². The maximum absolute atomic E-state index is 12.9. The first kappa shape index (κ1) is 68.3. The molecule has 0 amide bonds. The van der Waals surface area contributed by atoms with Crippen LogP contribution in [0.25, 0.3) is 0 Å². The van der Waals surface area contributed by atoms with Crippen molar-refractivity contribution in [2.24, 2.45) is 0 Å². The van der Waals surface area contributed by atoms with Crippen molar-refractivity contribution in [2.75, 3.05) is 13.2 Å². The predicted octanol–water partition coefficient (Wildman–Crippen LogP) is 20.5. The Hall–Kier alpha value is -3.67. The first-order chi connectivity index (χ1) is 35.5. The Morgan fingerprint density at radius 2 is 0.597 bits per heavy atom. The molecule has 6 nitrogen and oxygen atoms in total. The van der Waals surface area contributed by atoms with Crippen molar-refractivity contribution in [1.82, 2.24) is 0 Å². The van der Waals surface area contributed by atoms with Crippen molar-refractivity contribution < 1.29 is 28.6 Å². The van der Waals surface area contributed by atoms with Gasteiger partial charge in [0.2, 0.25) is 0 Å². The summed E-state index contributed by atoms with van der Waals surface area (Å²) in [4.78, 5) is 38.1. The van der Waals surface area contributed by atoms with Crippen LogP contribution in [0.2, 0.25) is 0 Å². The van der Waals surface area contributed by atoms with Crippen LogP contribution < -0.4 is 0 Å². The topological polar surface area (TPSA) is 78.9 Å². The maximum Gasteiger partial charge on any atom is 0.309 e. The molecular weight excluding hydrogens is 889 g/mol. The number of carbonyl (C=O) groups is 3. The lowest BCUT2D eigenvalue weighted by atomic mass is 10.0. The van der Waals surface area contributed by atoms with Gasteiger partial charge in [-0.1, -0.05) is 259 Å². The Balaban J connectivity index is 4.43. The zero-order chi connectivity index (χ0) is 52.2. The first-order valence-corrected chi connectivity index (χ1v) is 30.2. The molecule has 412 valence electrons. The van der Waals surface area contributed by atoms with E-state index in [9.17, 15) is 14.4 Å². The normalized spacial score (nSPS) is 12.8. The van der Waals surface area contributed by atoms with Crippen LogP contribution in [0.4, 0.5) is 0 Å². The minimum atomic E-state index is -0.824. The molecule has 6 heteroatoms. The van der Waals surface area contributed by atoms with Gasteiger partial charge < -0.3 is 14.2 Å². The zero-order valence-corrected chi connectivity index (χ0v) is 47.2. The first-order valence-electron chi connectivity index (χ1n) is 30.2. The molecule has 0 heterocycles. The minimum absolute atomic E-state index is 0.111. The second-order valence-electron chi connectivity index (χ2n) is 19.9. The van der Waals surface area contributed by atoms with E-state index in [1.807, 2.05) is 6.08 Å². The van der Waals surface area contributed by atoms with Crippen molar-refractivity contribution >= 4 is 17.9 Å². The van der Waals surface area contributed by atoms with E-state index in [1.165, 1.54) is 154 Å². The summed E-state index contributed by atoms with van der Waals surface area (Å²) in [6.45, 7) is 6.43. The van der Waals surface area contributed by atoms with Gasteiger partial charge >= 0.3 is 17.9 Å². The van der Waals surface area contributed by atoms with Crippen LogP contribution in [0.15, 0.2) is 97.2 Å². The molecule has 1 unspecified atom stereocenters. The van der Waals surface area contributed by atoms with Gasteiger partial charge in [-0.05, 0) is 103 Å². The Bertz CT molecular complexity index is 1430. The van der Waals surface area contributed by atoms with E-state index in [-0.39, 0.29) is 31.6 Å². The van der Waals surface area contributed by atoms with Gasteiger partial charge in [0.05, 0.1) is 6.42 Å². The van der Waals surface area contributed by atoms with Gasteiger partial charge in [0.15, 0.2) is 6.10 Å². The Labute approximate surface area is 445 Å². The maximum atomic E-state index is 12.9. The Morgan fingerprint density at radius 3 is 0.986 bits per heavy atom. The van der Waals surface area contributed by atoms with E-state index in [0.717, 1.165) is 89.9 Å². The molecule has 1 atom stereocenters. The molecule has 0 aromatic heterocycles. The molecule has 0 saturated heterocycles. The second kappa shape index (κ2) is 59.9. The van der Waals surface area contributed by atoms with Gasteiger partial charge in [0.25, 0.3) is 0 Å². The molecule has 0 aliphatic rings. The number of ether oxygens (including phenoxy) is 3. The number of rotatable bonds is 54. The van der Waals surface area contributed by atoms with Gasteiger partial charge in [-0.2, -0.15) is 0 Å². The molecule has 0 aromatic carbocycles. The molecule has 72 heavy (non-hydrogen) atoms. The minimum Gasteiger partial charge on any atom is -0.462 e. The van der Waals surface area contributed by atoms with Gasteiger partial charge in [-0.25, -0.2) is 0 Å². The van der Waals surface area contributed by atoms with E-state index in [2.05, 4.69) is 106 Å². The van der Waals surface area contributed by atoms with Crippen LogP contribution in [-0.2, 0) is 28.6 Å². The highest BCUT2D eigenvalue weighted by atomic mass is 16.6. The standard InChI is InChI=1S/C66H112O6/c1-4-7-10-13-16-19-22-25-28-30-31-32-33-34-35-36-39-41-44-47-50-53-56-59-65(68)71-62-63(61-70-64(67)58-55-52-49-46-43-40-37-27-24-21-18-15-12-9-6-3)72-66(69)60-57-54-51-48-45-42-38-29-26-23-20-17-14-11-8-5-2/h9,12,18,21-22,25,27,29-31,37-38,43,46,52,55,63H,4-8,10-11,13-17,19-20,23-24,26,28,32-36,39-42,44-45,47-51,53-54,56-62H2,1-3H3/b12-9-,21-18-,25-22-,31-30-,37-27-,38-29-,46-43-,55-52-. The quantitative estimate of drug-likeness (QED) is 0.0261. The van der Waals surface area contributed by atoms with E-state index in [1.54, 1.807) is 6.08 Å². The summed E-state index contributed by atoms with van der Waals surface area (Å²) in [5, 5.41) is 0. The number of allylic oxidation sites excluding steroid dienone is 15. The Morgan fingerprint density at radius 1 is 0.306 bits per heavy atom. The fourth-order valence-corrected chi connectivity index (χ4v) is 8.31. The second-order valence-corrected chi connectivity index (χ2v) is 19.9. The van der Waals surface area contributed by atoms with Gasteiger partial charge in [0, 0.05) is 12.8 Å². The Kier molecular flexibility index (Phi) is 56.8. The summed E-state index contributed by atoms with van der Waals surface area (Å²) in [5.74, 6) is -1.05. The molecule has 0 bridgehead atoms. The largest absolute Gasteiger partial charge is 0.462 e. The lowest BCUT2D eigenvalue weighted by molar-refractivity contribution is -0.166. The molecule has 0 N–H and O–H groups in total. The van der Waals surface area contributed by atoms with Crippen molar-refractivity contribution in [3.05, 3.63) is 97.2 Å². The number of hydrogen-bond acceptors (Lipinski definition) is 6. The average molecular weight is 1000 g/mol. The molecule has 0 aliphatic heterocycles. The molecule has 0 radical (unpaired) electrons. The van der Waals surface area contributed by atoms with Crippen LogP contribution in [0.3, 0.4) is 0 Å². The van der Waals surface area contributed by atoms with Crippen LogP contribution >= 0.6 is 0 Å². The number of carbonyl (C=O) groups excluding carboxylic acids is 3. The van der Waals surface area contributed by atoms with E-state index in [4.69, 9.17) is 14.2 Å². The van der Waals surface area contributed by atoms with Crippen LogP contribution in [-0.4, -0.2) is 37.2 Å². The number of unbranched alkanes of at least 4 members (excludes halogenated alkanes) is 28. The number of esters is 3. The van der Waals surface area contributed by atoms with Gasteiger partial charge in [-0.15, -0.1) is 0 Å². The summed E-state index contributed by atoms with van der Waals surface area (Å²) in [5.41, 5.74) is 0. The fourth-order valence-electron chi connectivity index (χ4n) is 8.31. The highest BCUT2D eigenvalue weighted by molar-refractivity contribution is 5.72. The third kappa shape index (κ3) is 57.2. The molecule has 0 aromatic rings. The molecule has 0 aliphatic carbocycles. The summed E-state index contributed by atoms with van der Waals surface area (Å²) < 4.78 is 16.8. The van der Waals surface area contributed by atoms with Crippen LogP contribution in [0, 0.1) is 0 Å². The smallest absolute Gasteiger partial charge is 0.309 e. The van der Waals surface area contributed by atoms with Gasteiger partial charge in [0.1, 0.15) is 13.2 Å². The molecule has 0 spiro atoms. The number of hydrogen-bond donors (Lipinski definition) is 0. The lowest BCUT2D eigenvalue weighted by Crippen LogP contribution is -2.30. The van der Waals surface area contributed by atoms with E-state index < -0.39 is 12.1 Å². The lowest BCUT2D eigenvalue weighted by Gasteiger charge is -2.18. The van der Waals surface area contributed by atoms with E-state index in [0.29, 0.717) is 12.8 Å². The van der Waals surface area contributed by atoms with Crippen molar-refractivity contribution in [3.8, 4) is 0 Å². The summed E-state index contributed by atoms with van der Waals surface area (Å²) in [7, 11) is 0. The highest BCUT2D eigenvalue weighted by Gasteiger charge is 2.19. The summed E-state index contributed by atoms with van der Waals surface area (Å²) in [6.07, 6.45) is 80.0. The van der Waals surface area contributed by atoms with Crippen LogP contribution in [0.1, 0.15) is 284 Å². The highest BCUT2D eigenvalue weighted by Crippen LogP contribution is 2.15. The monoisotopic (exact) mass is 1000 g/mol. The average Bonchev–Trinajstić information content (AvgIpc) is 3.38. The van der Waals surface area contributed by atoms with Crippen molar-refractivity contribution in [2.45, 2.75) is 290 Å². The predicted molar refractivity (Wildman–Crippen MR) is 311 cm³/mol. The third-order valence-electron chi connectivity index (χ3n) is 12.8. The molecule has 0 rings (SSSR count). The molecular formula is C66H112O6. The molecule has 0 fully saturated rings. The van der Waals surface area contributed by atoms with E-state index >= 15 is 0 Å². The fraction of sp³-hybridized carbons (Fsp3) is 0.712. The summed E-state index contributed by atoms with van der Waals surface area (Å²) in [6, 6.07) is 0. The third-order valence-corrected chi connectivity index (χ3v) is 12.8. The summed E-state index contributed by atoms with van der Waals surface area (Å²) >= 11 is 0. The molecule has 0 saturated carbocycles. The van der Waals surface area contributed by atoms with Crippen molar-refractivity contribution in [1.29, 1.82) is 0 Å². The van der Waals surface area contributed by atoms with Crippen molar-refractivity contribution in [3.63, 3.8) is 0 Å².